The van der Waals surface area contributed by atoms with E-state index in [1.54, 1.807) is 56.3 Å². The Balaban J connectivity index is 1.45. The number of fused-ring (bicyclic) bond motifs is 3. The van der Waals surface area contributed by atoms with E-state index >= 15 is 14.4 Å². The van der Waals surface area contributed by atoms with Gasteiger partial charge in [0.1, 0.15) is 36.0 Å². The van der Waals surface area contributed by atoms with Crippen molar-refractivity contribution in [2.45, 2.75) is 75.2 Å². The number of cyclic esters (lactones) is 1. The molecule has 3 aliphatic heterocycles. The predicted octanol–water partition coefficient (Wildman–Crippen LogP) is 6.78. The Kier molecular flexibility index (Phi) is 13.5. The molecule has 0 saturated carbocycles. The molecule has 0 aromatic heterocycles. The smallest absolute Gasteiger partial charge is 0.329 e. The van der Waals surface area contributed by atoms with Crippen LogP contribution in [0.1, 0.15) is 85.5 Å². The molecule has 3 heterocycles. The summed E-state index contributed by atoms with van der Waals surface area (Å²) >= 11 is 0. The molecule has 0 bridgehead atoms. The molecule has 7 atom stereocenters. The van der Waals surface area contributed by atoms with Crippen LogP contribution < -0.4 is 20.3 Å². The van der Waals surface area contributed by atoms with Crippen LogP contribution in [0.3, 0.4) is 0 Å². The SMILES string of the molecule is C=CCNC(=O)[C@H]1[C@@H]2C(=O)O[C@@H](c3ccccc3)[C@@H](c3ccccc3)N2[C@@H](c2ccc(OCCO)cc2)[C@]12C(=O)N(C(=O)N[C@H](C(=O)OC)C(C)C)c1ccc(C#CC3=CCCCC3)cc12. The molecule has 13 heteroatoms. The third-order valence-corrected chi connectivity index (χ3v) is 13.0. The van der Waals surface area contributed by atoms with Gasteiger partial charge in [-0.05, 0) is 89.8 Å². The highest BCUT2D eigenvalue weighted by Gasteiger charge is 2.75. The molecule has 0 radical (unpaired) electrons. The Morgan fingerprint density at radius 3 is 2.27 bits per heavy atom. The Bertz CT molecular complexity index is 2590. The lowest BCUT2D eigenvalue weighted by Crippen LogP contribution is -2.57. The van der Waals surface area contributed by atoms with E-state index in [1.165, 1.54) is 13.2 Å². The topological polar surface area (TPSA) is 164 Å². The van der Waals surface area contributed by atoms with Crippen molar-refractivity contribution in [2.24, 2.45) is 11.8 Å². The fourth-order valence-corrected chi connectivity index (χ4v) is 10.1. The Morgan fingerprint density at radius 2 is 1.64 bits per heavy atom. The number of esters is 2. The number of imide groups is 1. The number of aliphatic hydroxyl groups excluding tert-OH is 1. The Labute approximate surface area is 384 Å². The van der Waals surface area contributed by atoms with E-state index < -0.39 is 77.3 Å². The van der Waals surface area contributed by atoms with Gasteiger partial charge in [0.15, 0.2) is 0 Å². The second-order valence-electron chi connectivity index (χ2n) is 17.2. The van der Waals surface area contributed by atoms with Gasteiger partial charge in [0.2, 0.25) is 11.8 Å². The lowest BCUT2D eigenvalue weighted by molar-refractivity contribution is -0.178. The van der Waals surface area contributed by atoms with Gasteiger partial charge in [-0.2, -0.15) is 0 Å². The molecule has 340 valence electrons. The van der Waals surface area contributed by atoms with E-state index in [1.807, 2.05) is 65.6 Å². The van der Waals surface area contributed by atoms with Crippen LogP contribution in [-0.4, -0.2) is 78.7 Å². The minimum absolute atomic E-state index is 0.00453. The Morgan fingerprint density at radius 1 is 0.924 bits per heavy atom. The number of urea groups is 1. The molecule has 4 aromatic rings. The van der Waals surface area contributed by atoms with Crippen molar-refractivity contribution in [3.8, 4) is 17.6 Å². The van der Waals surface area contributed by atoms with E-state index in [-0.39, 0.29) is 25.4 Å². The molecule has 0 unspecified atom stereocenters. The summed E-state index contributed by atoms with van der Waals surface area (Å²) in [4.78, 5) is 78.0. The van der Waals surface area contributed by atoms with Gasteiger partial charge in [-0.15, -0.1) is 6.58 Å². The highest BCUT2D eigenvalue weighted by molar-refractivity contribution is 6.25. The summed E-state index contributed by atoms with van der Waals surface area (Å²) in [7, 11) is 1.22. The first-order chi connectivity index (χ1) is 32.0. The number of anilines is 1. The molecule has 4 aliphatic rings. The van der Waals surface area contributed by atoms with E-state index in [9.17, 15) is 14.7 Å². The molecule has 66 heavy (non-hydrogen) atoms. The van der Waals surface area contributed by atoms with Crippen LogP contribution in [0.5, 0.6) is 5.75 Å². The first-order valence-corrected chi connectivity index (χ1v) is 22.4. The summed E-state index contributed by atoms with van der Waals surface area (Å²) < 4.78 is 17.4. The maximum absolute atomic E-state index is 16.4. The number of carbonyl (C=O) groups excluding carboxylic acids is 5. The lowest BCUT2D eigenvalue weighted by Gasteiger charge is -2.46. The van der Waals surface area contributed by atoms with Crippen molar-refractivity contribution < 1.29 is 43.3 Å². The van der Waals surface area contributed by atoms with Gasteiger partial charge in [-0.1, -0.05) is 111 Å². The van der Waals surface area contributed by atoms with Crippen LogP contribution in [0.2, 0.25) is 0 Å². The average Bonchev–Trinajstić information content (AvgIpc) is 3.80. The predicted molar refractivity (Wildman–Crippen MR) is 247 cm³/mol. The van der Waals surface area contributed by atoms with Crippen molar-refractivity contribution in [1.29, 1.82) is 0 Å². The summed E-state index contributed by atoms with van der Waals surface area (Å²) in [6, 6.07) is 25.5. The van der Waals surface area contributed by atoms with E-state index in [2.05, 4.69) is 35.1 Å². The van der Waals surface area contributed by atoms with Crippen molar-refractivity contribution in [2.75, 3.05) is 31.8 Å². The number of rotatable bonds is 12. The van der Waals surface area contributed by atoms with E-state index in [4.69, 9.17) is 14.2 Å². The van der Waals surface area contributed by atoms with Crippen molar-refractivity contribution in [1.82, 2.24) is 15.5 Å². The zero-order valence-corrected chi connectivity index (χ0v) is 37.3. The quantitative estimate of drug-likeness (QED) is 0.0785. The van der Waals surface area contributed by atoms with Crippen LogP contribution in [0.25, 0.3) is 0 Å². The number of morpholine rings is 1. The van der Waals surface area contributed by atoms with Crippen molar-refractivity contribution in [3.05, 3.63) is 155 Å². The summed E-state index contributed by atoms with van der Waals surface area (Å²) in [5.74, 6) is 2.24. The molecule has 4 aromatic carbocycles. The number of nitrogens with zero attached hydrogens (tertiary/aromatic N) is 2. The molecule has 3 N–H and O–H groups in total. The number of nitrogens with one attached hydrogen (secondary N) is 2. The molecule has 8 rings (SSSR count). The van der Waals surface area contributed by atoms with Gasteiger partial charge in [-0.3, -0.25) is 19.3 Å². The second-order valence-corrected chi connectivity index (χ2v) is 17.2. The summed E-state index contributed by atoms with van der Waals surface area (Å²) in [6.07, 6.45) is 6.58. The van der Waals surface area contributed by atoms with Crippen LogP contribution in [0, 0.1) is 23.7 Å². The fourth-order valence-electron chi connectivity index (χ4n) is 10.1. The van der Waals surface area contributed by atoms with Crippen LogP contribution >= 0.6 is 0 Å². The maximum Gasteiger partial charge on any atom is 0.329 e. The summed E-state index contributed by atoms with van der Waals surface area (Å²) in [5, 5.41) is 15.3. The number of amides is 4. The zero-order chi connectivity index (χ0) is 46.5. The maximum atomic E-state index is 16.4. The van der Waals surface area contributed by atoms with Gasteiger partial charge in [0.25, 0.3) is 0 Å². The summed E-state index contributed by atoms with van der Waals surface area (Å²) in [5.41, 5.74) is 1.90. The van der Waals surface area contributed by atoms with Crippen LogP contribution in [-0.2, 0) is 34.1 Å². The third kappa shape index (κ3) is 8.27. The minimum Gasteiger partial charge on any atom is -0.491 e. The van der Waals surface area contributed by atoms with E-state index in [0.717, 1.165) is 41.7 Å². The van der Waals surface area contributed by atoms with Gasteiger partial charge < -0.3 is 30.0 Å². The summed E-state index contributed by atoms with van der Waals surface area (Å²) in [6.45, 7) is 7.13. The van der Waals surface area contributed by atoms with Crippen LogP contribution in [0.4, 0.5) is 10.5 Å². The van der Waals surface area contributed by atoms with Crippen LogP contribution in [0.15, 0.2) is 127 Å². The molecule has 2 fully saturated rings. The van der Waals surface area contributed by atoms with E-state index in [0.29, 0.717) is 28.0 Å². The van der Waals surface area contributed by atoms with Gasteiger partial charge in [0, 0.05) is 12.1 Å². The first kappa shape index (κ1) is 45.6. The lowest BCUT2D eigenvalue weighted by atomic mass is 9.65. The number of hydrogen-bond acceptors (Lipinski definition) is 10. The number of methoxy groups -OCH3 is 1. The standard InChI is InChI=1S/C53H54N4O9/c1-5-29-54-48(59)42-45-50(61)66-46(37-19-13-8-14-20-37)44(36-17-11-7-12-18-36)57(45)47(38-24-26-39(27-25-38)65-31-30-58)53(42)40-32-35(22-21-34-15-9-6-10-16-34)23-28-41(40)56(51(53)62)52(63)55-43(33(2)3)49(60)64-4/h5,7-8,11-15,17-20,23-28,32-33,42-47,58H,1,6,9-10,16,29-31H2,2-4H3,(H,54,59)(H,55,63)/t42-,43+,44-,45-,46+,47+,53-/m1/s1. The average molecular weight is 891 g/mol. The fraction of sp³-hybridized carbons (Fsp3) is 0.340. The number of allylic oxidation sites excluding steroid dienone is 2. The number of benzene rings is 4. The molecule has 1 aliphatic carbocycles. The second kappa shape index (κ2) is 19.6. The zero-order valence-electron chi connectivity index (χ0n) is 37.3. The number of aliphatic hydroxyl groups is 1. The molecule has 2 saturated heterocycles. The molecule has 13 nitrogen and oxygen atoms in total. The third-order valence-electron chi connectivity index (χ3n) is 13.0. The number of carbonyl (C=O) groups is 5. The monoisotopic (exact) mass is 890 g/mol. The normalized spacial score (nSPS) is 23.7. The highest BCUT2D eigenvalue weighted by atomic mass is 16.6. The number of hydrogen-bond donors (Lipinski definition) is 3. The van der Waals surface area contributed by atoms with Gasteiger partial charge in [-0.25, -0.2) is 14.5 Å². The highest BCUT2D eigenvalue weighted by Crippen LogP contribution is 2.66. The number of ether oxygens (including phenoxy) is 3. The molecule has 4 amide bonds. The molecular formula is C53H54N4O9. The largest absolute Gasteiger partial charge is 0.491 e. The Hall–Kier alpha value is -7.01. The van der Waals surface area contributed by atoms with Gasteiger partial charge >= 0.3 is 18.0 Å². The molecular weight excluding hydrogens is 837 g/mol. The van der Waals surface area contributed by atoms with Gasteiger partial charge in [0.05, 0.1) is 37.4 Å². The minimum atomic E-state index is -2.03. The van der Waals surface area contributed by atoms with Crippen molar-refractivity contribution >= 4 is 35.5 Å². The first-order valence-electron chi connectivity index (χ1n) is 22.4. The van der Waals surface area contributed by atoms with Crippen molar-refractivity contribution in [3.63, 3.8) is 0 Å². The molecule has 1 spiro atoms.